The summed E-state index contributed by atoms with van der Waals surface area (Å²) in [4.78, 5) is 11.6. The van der Waals surface area contributed by atoms with Crippen LogP contribution in [0, 0.1) is 0 Å². The van der Waals surface area contributed by atoms with E-state index in [9.17, 15) is 4.79 Å². The van der Waals surface area contributed by atoms with Crippen molar-refractivity contribution in [2.75, 3.05) is 12.4 Å². The lowest BCUT2D eigenvalue weighted by Gasteiger charge is -2.19. The van der Waals surface area contributed by atoms with E-state index in [4.69, 9.17) is 21.4 Å². The summed E-state index contributed by atoms with van der Waals surface area (Å²) in [5.74, 6) is 0.220. The van der Waals surface area contributed by atoms with Gasteiger partial charge in [0.25, 0.3) is 0 Å². The number of carboxylic acids is 1. The van der Waals surface area contributed by atoms with Gasteiger partial charge in [-0.05, 0) is 12.1 Å². The van der Waals surface area contributed by atoms with Crippen molar-refractivity contribution >= 4 is 29.3 Å². The molecule has 5 heteroatoms. The molecule has 0 saturated carbocycles. The van der Waals surface area contributed by atoms with Crippen LogP contribution in [0.2, 0.25) is 5.02 Å². The van der Waals surface area contributed by atoms with Crippen LogP contribution in [0.1, 0.15) is 10.4 Å². The fourth-order valence-corrected chi connectivity index (χ4v) is 2.46. The first-order valence-electron chi connectivity index (χ1n) is 4.01. The first-order valence-corrected chi connectivity index (χ1v) is 5.38. The molecule has 14 heavy (non-hydrogen) atoms. The lowest BCUT2D eigenvalue weighted by molar-refractivity contribution is 0.0692. The Morgan fingerprint density at radius 3 is 3.07 bits per heavy atom. The summed E-state index contributed by atoms with van der Waals surface area (Å²) in [6.45, 7) is 0.526. The molecule has 3 nitrogen and oxygen atoms in total. The first-order chi connectivity index (χ1) is 6.70. The predicted octanol–water partition coefficient (Wildman–Crippen LogP) is 2.52. The van der Waals surface area contributed by atoms with E-state index >= 15 is 0 Å². The van der Waals surface area contributed by atoms with Crippen LogP contribution in [0.5, 0.6) is 5.75 Å². The quantitative estimate of drug-likeness (QED) is 0.805. The molecule has 1 aliphatic rings. The summed E-state index contributed by atoms with van der Waals surface area (Å²) < 4.78 is 5.31. The van der Waals surface area contributed by atoms with Crippen LogP contribution in [-0.4, -0.2) is 23.4 Å². The Morgan fingerprint density at radius 1 is 1.57 bits per heavy atom. The van der Waals surface area contributed by atoms with E-state index in [0.717, 1.165) is 10.6 Å². The molecule has 1 heterocycles. The Balaban J connectivity index is 2.59. The van der Waals surface area contributed by atoms with Crippen LogP contribution in [-0.2, 0) is 0 Å². The standard InChI is InChI=1S/C9H7ClO3S/c10-6-2-1-5(9(11)12)7-8(6)14-4-3-13-7/h1-2H,3-4H2,(H,11,12). The highest BCUT2D eigenvalue weighted by Crippen LogP contribution is 2.41. The summed E-state index contributed by atoms with van der Waals surface area (Å²) in [5, 5.41) is 9.45. The summed E-state index contributed by atoms with van der Waals surface area (Å²) in [7, 11) is 0. The molecule has 1 N–H and O–H groups in total. The van der Waals surface area contributed by atoms with E-state index in [1.807, 2.05) is 0 Å². The van der Waals surface area contributed by atoms with E-state index in [2.05, 4.69) is 0 Å². The molecule has 0 aliphatic carbocycles. The first kappa shape index (κ1) is 9.68. The van der Waals surface area contributed by atoms with Gasteiger partial charge in [-0.3, -0.25) is 0 Å². The SMILES string of the molecule is O=C(O)c1ccc(Cl)c2c1OCCS2. The topological polar surface area (TPSA) is 46.5 Å². The highest BCUT2D eigenvalue weighted by atomic mass is 35.5. The van der Waals surface area contributed by atoms with E-state index in [1.54, 1.807) is 6.07 Å². The molecular weight excluding hydrogens is 224 g/mol. The number of halogens is 1. The van der Waals surface area contributed by atoms with Crippen molar-refractivity contribution in [1.29, 1.82) is 0 Å². The molecule has 0 spiro atoms. The molecular formula is C9H7ClO3S. The second-order valence-electron chi connectivity index (χ2n) is 2.76. The monoisotopic (exact) mass is 230 g/mol. The molecule has 1 aromatic rings. The maximum absolute atomic E-state index is 10.9. The normalized spacial score (nSPS) is 14.4. The van der Waals surface area contributed by atoms with E-state index in [-0.39, 0.29) is 5.56 Å². The van der Waals surface area contributed by atoms with Crippen molar-refractivity contribution < 1.29 is 14.6 Å². The van der Waals surface area contributed by atoms with Gasteiger partial charge in [0, 0.05) is 5.75 Å². The maximum atomic E-state index is 10.9. The van der Waals surface area contributed by atoms with Gasteiger partial charge in [-0.25, -0.2) is 4.79 Å². The van der Waals surface area contributed by atoms with Gasteiger partial charge in [0.1, 0.15) is 11.3 Å². The Morgan fingerprint density at radius 2 is 2.36 bits per heavy atom. The number of ether oxygens (including phenoxy) is 1. The molecule has 0 unspecified atom stereocenters. The summed E-state index contributed by atoms with van der Waals surface area (Å²) in [6.07, 6.45) is 0. The zero-order chi connectivity index (χ0) is 10.1. The van der Waals surface area contributed by atoms with E-state index < -0.39 is 5.97 Å². The van der Waals surface area contributed by atoms with Crippen molar-refractivity contribution in [2.45, 2.75) is 4.90 Å². The minimum absolute atomic E-state index is 0.177. The van der Waals surface area contributed by atoms with Gasteiger partial charge in [0.2, 0.25) is 0 Å². The maximum Gasteiger partial charge on any atom is 0.339 e. The molecule has 0 fully saturated rings. The average Bonchev–Trinajstić information content (AvgIpc) is 2.18. The van der Waals surface area contributed by atoms with Crippen molar-refractivity contribution in [1.82, 2.24) is 0 Å². The fourth-order valence-electron chi connectivity index (χ4n) is 1.27. The van der Waals surface area contributed by atoms with Gasteiger partial charge in [-0.2, -0.15) is 0 Å². The summed E-state index contributed by atoms with van der Waals surface area (Å²) >= 11 is 7.45. The Hall–Kier alpha value is -0.870. The number of hydrogen-bond donors (Lipinski definition) is 1. The molecule has 2 rings (SSSR count). The van der Waals surface area contributed by atoms with Crippen molar-refractivity contribution in [3.8, 4) is 5.75 Å². The number of fused-ring (bicyclic) bond motifs is 1. The smallest absolute Gasteiger partial charge is 0.339 e. The molecule has 74 valence electrons. The molecule has 0 aromatic heterocycles. The van der Waals surface area contributed by atoms with Crippen LogP contribution in [0.4, 0.5) is 0 Å². The Bertz CT molecular complexity index is 392. The molecule has 0 radical (unpaired) electrons. The van der Waals surface area contributed by atoms with Gasteiger partial charge in [-0.1, -0.05) is 11.6 Å². The number of thioether (sulfide) groups is 1. The molecule has 0 atom stereocenters. The average molecular weight is 231 g/mol. The minimum atomic E-state index is -0.986. The van der Waals surface area contributed by atoms with E-state index in [0.29, 0.717) is 17.4 Å². The third kappa shape index (κ3) is 1.55. The Labute approximate surface area is 90.0 Å². The zero-order valence-electron chi connectivity index (χ0n) is 7.12. The third-order valence-corrected chi connectivity index (χ3v) is 3.36. The van der Waals surface area contributed by atoms with Crippen LogP contribution in [0.25, 0.3) is 0 Å². The lowest BCUT2D eigenvalue weighted by Crippen LogP contribution is -2.11. The largest absolute Gasteiger partial charge is 0.491 e. The zero-order valence-corrected chi connectivity index (χ0v) is 8.69. The van der Waals surface area contributed by atoms with Crippen LogP contribution >= 0.6 is 23.4 Å². The second kappa shape index (κ2) is 3.71. The van der Waals surface area contributed by atoms with E-state index in [1.165, 1.54) is 17.8 Å². The predicted molar refractivity (Wildman–Crippen MR) is 54.6 cm³/mol. The van der Waals surface area contributed by atoms with Crippen molar-refractivity contribution in [3.05, 3.63) is 22.7 Å². The molecule has 0 saturated heterocycles. The number of carboxylic acid groups (broad SMARTS) is 1. The highest BCUT2D eigenvalue weighted by molar-refractivity contribution is 7.99. The van der Waals surface area contributed by atoms with Gasteiger partial charge in [-0.15, -0.1) is 11.8 Å². The fraction of sp³-hybridized carbons (Fsp3) is 0.222. The number of hydrogen-bond acceptors (Lipinski definition) is 3. The summed E-state index contributed by atoms with van der Waals surface area (Å²) in [6, 6.07) is 3.06. The molecule has 1 aliphatic heterocycles. The van der Waals surface area contributed by atoms with Crippen LogP contribution < -0.4 is 4.74 Å². The van der Waals surface area contributed by atoms with Crippen molar-refractivity contribution in [3.63, 3.8) is 0 Å². The number of rotatable bonds is 1. The van der Waals surface area contributed by atoms with Gasteiger partial charge in [0.05, 0.1) is 16.5 Å². The summed E-state index contributed by atoms with van der Waals surface area (Å²) in [5.41, 5.74) is 0.177. The highest BCUT2D eigenvalue weighted by Gasteiger charge is 2.21. The van der Waals surface area contributed by atoms with Crippen LogP contribution in [0.15, 0.2) is 17.0 Å². The number of aromatic carboxylic acids is 1. The number of benzene rings is 1. The number of carbonyl (C=O) groups is 1. The second-order valence-corrected chi connectivity index (χ2v) is 4.27. The minimum Gasteiger partial charge on any atom is -0.491 e. The third-order valence-electron chi connectivity index (χ3n) is 1.87. The Kier molecular flexibility index (Phi) is 2.56. The molecule has 0 bridgehead atoms. The molecule has 0 amide bonds. The van der Waals surface area contributed by atoms with Crippen LogP contribution in [0.3, 0.4) is 0 Å². The van der Waals surface area contributed by atoms with Crippen molar-refractivity contribution in [2.24, 2.45) is 0 Å². The lowest BCUT2D eigenvalue weighted by atomic mass is 10.2. The van der Waals surface area contributed by atoms with Gasteiger partial charge < -0.3 is 9.84 Å². The molecule has 1 aromatic carbocycles. The van der Waals surface area contributed by atoms with Gasteiger partial charge >= 0.3 is 5.97 Å². The van der Waals surface area contributed by atoms with Gasteiger partial charge in [0.15, 0.2) is 0 Å².